The molecule has 0 bridgehead atoms. The third-order valence-electron chi connectivity index (χ3n) is 3.39. The van der Waals surface area contributed by atoms with Gasteiger partial charge in [-0.05, 0) is 37.6 Å². The fourth-order valence-electron chi connectivity index (χ4n) is 2.21. The van der Waals surface area contributed by atoms with E-state index in [4.69, 9.17) is 9.84 Å². The summed E-state index contributed by atoms with van der Waals surface area (Å²) < 4.78 is 19.1. The van der Waals surface area contributed by atoms with Gasteiger partial charge in [-0.3, -0.25) is 4.79 Å². The fourth-order valence-corrected chi connectivity index (χ4v) is 2.21. The Kier molecular flexibility index (Phi) is 4.70. The Morgan fingerprint density at radius 1 is 1.48 bits per heavy atom. The quantitative estimate of drug-likeness (QED) is 0.835. The molecule has 1 fully saturated rings. The number of benzene rings is 1. The number of carboxylic acids is 1. The summed E-state index contributed by atoms with van der Waals surface area (Å²) in [6, 6.07) is 4.11. The first kappa shape index (κ1) is 15.2. The van der Waals surface area contributed by atoms with Crippen LogP contribution in [0, 0.1) is 11.7 Å². The average molecular weight is 293 g/mol. The van der Waals surface area contributed by atoms with Gasteiger partial charge in [0.25, 0.3) is 0 Å². The van der Waals surface area contributed by atoms with Crippen LogP contribution >= 0.6 is 0 Å². The standard InChI is InChI=1S/C15H16FNO4/c1-9-12(6-7-21-9)15(20)17-11-4-2-10(13(16)8-11)3-5-14(18)19/h2-5,8-9,12H,6-7H2,1H3,(H,17,20)(H,18,19). The van der Waals surface area contributed by atoms with Crippen molar-refractivity contribution < 1.29 is 23.8 Å². The van der Waals surface area contributed by atoms with Crippen molar-refractivity contribution in [1.82, 2.24) is 0 Å². The first-order chi connectivity index (χ1) is 9.97. The van der Waals surface area contributed by atoms with Crippen LogP contribution in [0.3, 0.4) is 0 Å². The number of nitrogens with one attached hydrogen (secondary N) is 1. The lowest BCUT2D eigenvalue weighted by atomic mass is 10.0. The molecule has 0 saturated carbocycles. The second kappa shape index (κ2) is 6.49. The van der Waals surface area contributed by atoms with E-state index in [2.05, 4.69) is 5.32 Å². The molecule has 1 aliphatic rings. The van der Waals surface area contributed by atoms with Crippen molar-refractivity contribution in [2.45, 2.75) is 19.4 Å². The summed E-state index contributed by atoms with van der Waals surface area (Å²) in [5.41, 5.74) is 0.483. The largest absolute Gasteiger partial charge is 0.478 e. The SMILES string of the molecule is CC1OCCC1C(=O)Nc1ccc(C=CC(=O)O)c(F)c1. The molecule has 1 amide bonds. The number of anilines is 1. The molecule has 1 aromatic rings. The lowest BCUT2D eigenvalue weighted by Gasteiger charge is -2.14. The number of aliphatic carboxylic acids is 1. The van der Waals surface area contributed by atoms with Crippen molar-refractivity contribution in [3.8, 4) is 0 Å². The lowest BCUT2D eigenvalue weighted by molar-refractivity contribution is -0.131. The monoisotopic (exact) mass is 293 g/mol. The topological polar surface area (TPSA) is 75.6 Å². The maximum Gasteiger partial charge on any atom is 0.328 e. The van der Waals surface area contributed by atoms with Crippen molar-refractivity contribution in [2.75, 3.05) is 11.9 Å². The van der Waals surface area contributed by atoms with Gasteiger partial charge in [0.15, 0.2) is 0 Å². The molecule has 1 heterocycles. The van der Waals surface area contributed by atoms with Crippen LogP contribution in [0.2, 0.25) is 0 Å². The highest BCUT2D eigenvalue weighted by molar-refractivity contribution is 5.93. The Balaban J connectivity index is 2.06. The predicted molar refractivity (Wildman–Crippen MR) is 75.2 cm³/mol. The number of carbonyl (C=O) groups excluding carboxylic acids is 1. The highest BCUT2D eigenvalue weighted by Crippen LogP contribution is 2.23. The molecule has 2 rings (SSSR count). The molecule has 0 aliphatic carbocycles. The van der Waals surface area contributed by atoms with E-state index >= 15 is 0 Å². The van der Waals surface area contributed by atoms with Crippen LogP contribution in [0.4, 0.5) is 10.1 Å². The number of hydrogen-bond donors (Lipinski definition) is 2. The molecule has 1 saturated heterocycles. The van der Waals surface area contributed by atoms with Crippen molar-refractivity contribution >= 4 is 23.6 Å². The molecule has 2 unspecified atom stereocenters. The summed E-state index contributed by atoms with van der Waals surface area (Å²) in [4.78, 5) is 22.4. The minimum Gasteiger partial charge on any atom is -0.478 e. The molecule has 6 heteroatoms. The third kappa shape index (κ3) is 3.88. The predicted octanol–water partition coefficient (Wildman–Crippen LogP) is 2.29. The highest BCUT2D eigenvalue weighted by Gasteiger charge is 2.30. The smallest absolute Gasteiger partial charge is 0.328 e. The van der Waals surface area contributed by atoms with Crippen LogP contribution in [-0.2, 0) is 14.3 Å². The van der Waals surface area contributed by atoms with E-state index in [9.17, 15) is 14.0 Å². The Bertz CT molecular complexity index is 585. The molecular formula is C15H16FNO4. The number of ether oxygens (including phenoxy) is 1. The second-order valence-corrected chi connectivity index (χ2v) is 4.87. The van der Waals surface area contributed by atoms with E-state index < -0.39 is 11.8 Å². The zero-order valence-electron chi connectivity index (χ0n) is 11.5. The van der Waals surface area contributed by atoms with Crippen LogP contribution < -0.4 is 5.32 Å². The molecule has 1 aromatic carbocycles. The van der Waals surface area contributed by atoms with Gasteiger partial charge < -0.3 is 15.2 Å². The fraction of sp³-hybridized carbons (Fsp3) is 0.333. The molecule has 5 nitrogen and oxygen atoms in total. The van der Waals surface area contributed by atoms with E-state index in [0.717, 1.165) is 12.2 Å². The minimum absolute atomic E-state index is 0.146. The summed E-state index contributed by atoms with van der Waals surface area (Å²) in [5, 5.41) is 11.2. The molecule has 0 aromatic heterocycles. The van der Waals surface area contributed by atoms with Crippen LogP contribution in [0.5, 0.6) is 0 Å². The summed E-state index contributed by atoms with van der Waals surface area (Å²) in [7, 11) is 0. The molecule has 0 spiro atoms. The Labute approximate surface area is 121 Å². The normalized spacial score (nSPS) is 21.6. The molecule has 1 aliphatic heterocycles. The van der Waals surface area contributed by atoms with Gasteiger partial charge >= 0.3 is 5.97 Å². The molecule has 112 valence electrons. The van der Waals surface area contributed by atoms with Gasteiger partial charge in [-0.1, -0.05) is 0 Å². The Morgan fingerprint density at radius 2 is 2.24 bits per heavy atom. The lowest BCUT2D eigenvalue weighted by Crippen LogP contribution is -2.27. The number of halogens is 1. The van der Waals surface area contributed by atoms with Gasteiger partial charge in [0.1, 0.15) is 5.82 Å². The van der Waals surface area contributed by atoms with Gasteiger partial charge in [-0.15, -0.1) is 0 Å². The second-order valence-electron chi connectivity index (χ2n) is 4.87. The molecule has 21 heavy (non-hydrogen) atoms. The number of carbonyl (C=O) groups is 2. The molecule has 0 radical (unpaired) electrons. The van der Waals surface area contributed by atoms with E-state index in [1.54, 1.807) is 0 Å². The number of rotatable bonds is 4. The number of amides is 1. The van der Waals surface area contributed by atoms with E-state index in [0.29, 0.717) is 18.7 Å². The maximum absolute atomic E-state index is 13.8. The first-order valence-electron chi connectivity index (χ1n) is 6.60. The van der Waals surface area contributed by atoms with Crippen molar-refractivity contribution in [3.63, 3.8) is 0 Å². The molecule has 2 atom stereocenters. The summed E-state index contributed by atoms with van der Waals surface area (Å²) in [5.74, 6) is -2.18. The zero-order chi connectivity index (χ0) is 15.4. The van der Waals surface area contributed by atoms with Crippen LogP contribution in [0.25, 0.3) is 6.08 Å². The van der Waals surface area contributed by atoms with Crippen LogP contribution in [0.1, 0.15) is 18.9 Å². The van der Waals surface area contributed by atoms with Gasteiger partial charge in [-0.2, -0.15) is 0 Å². The van der Waals surface area contributed by atoms with Crippen molar-refractivity contribution in [2.24, 2.45) is 5.92 Å². The Morgan fingerprint density at radius 3 is 2.81 bits per heavy atom. The summed E-state index contributed by atoms with van der Waals surface area (Å²) >= 11 is 0. The van der Waals surface area contributed by atoms with E-state index in [1.165, 1.54) is 18.2 Å². The summed E-state index contributed by atoms with van der Waals surface area (Å²) in [6.45, 7) is 2.38. The number of hydrogen-bond acceptors (Lipinski definition) is 3. The van der Waals surface area contributed by atoms with Crippen molar-refractivity contribution in [3.05, 3.63) is 35.7 Å². The molecular weight excluding hydrogens is 277 g/mol. The van der Waals surface area contributed by atoms with Crippen LogP contribution in [0.15, 0.2) is 24.3 Å². The van der Waals surface area contributed by atoms with Gasteiger partial charge in [0.05, 0.1) is 12.0 Å². The first-order valence-corrected chi connectivity index (χ1v) is 6.60. The number of carboxylic acid groups (broad SMARTS) is 1. The maximum atomic E-state index is 13.8. The van der Waals surface area contributed by atoms with E-state index in [-0.39, 0.29) is 23.5 Å². The van der Waals surface area contributed by atoms with Crippen LogP contribution in [-0.4, -0.2) is 29.7 Å². The van der Waals surface area contributed by atoms with Gasteiger partial charge in [0.2, 0.25) is 5.91 Å². The van der Waals surface area contributed by atoms with E-state index in [1.807, 2.05) is 6.92 Å². The molecule has 2 N–H and O–H groups in total. The zero-order valence-corrected chi connectivity index (χ0v) is 11.5. The third-order valence-corrected chi connectivity index (χ3v) is 3.39. The minimum atomic E-state index is -1.15. The Hall–Kier alpha value is -2.21. The van der Waals surface area contributed by atoms with Gasteiger partial charge in [0, 0.05) is 23.9 Å². The average Bonchev–Trinajstić information content (AvgIpc) is 2.84. The summed E-state index contributed by atoms with van der Waals surface area (Å²) in [6.07, 6.45) is 2.52. The van der Waals surface area contributed by atoms with Crippen molar-refractivity contribution in [1.29, 1.82) is 0 Å². The highest BCUT2D eigenvalue weighted by atomic mass is 19.1. The van der Waals surface area contributed by atoms with Gasteiger partial charge in [-0.25, -0.2) is 9.18 Å².